The highest BCUT2D eigenvalue weighted by Crippen LogP contribution is 1.68. The molecule has 0 aromatic rings. The smallest absolute Gasteiger partial charge is 0.271 e. The monoisotopic (exact) mass is 87.1 g/mol. The van der Waals surface area contributed by atoms with Crippen LogP contribution in [0.4, 0.5) is 0 Å². The quantitative estimate of drug-likeness (QED) is 0.294. The molecule has 6 heavy (non-hydrogen) atoms. The number of nitrogens with zero attached hydrogens (tertiary/aromatic N) is 1. The lowest BCUT2D eigenvalue weighted by atomic mass is 10.7. The Labute approximate surface area is 35.9 Å². The van der Waals surface area contributed by atoms with E-state index in [1.807, 2.05) is 0 Å². The van der Waals surface area contributed by atoms with Crippen LogP contribution in [0.2, 0.25) is 0 Å². The van der Waals surface area contributed by atoms with Gasteiger partial charge in [0, 0.05) is 0 Å². The zero-order valence-electron chi connectivity index (χ0n) is 3.39. The lowest BCUT2D eigenvalue weighted by Crippen LogP contribution is -2.05. The van der Waals surface area contributed by atoms with Crippen LogP contribution in [0.25, 0.3) is 0 Å². The van der Waals surface area contributed by atoms with E-state index in [0.29, 0.717) is 6.54 Å². The number of rotatable bonds is 0. The van der Waals surface area contributed by atoms with Crippen LogP contribution in [-0.2, 0) is 0 Å². The zero-order chi connectivity index (χ0) is 4.41. The topological polar surface area (TPSA) is 35.3 Å². The van der Waals surface area contributed by atoms with Crippen molar-refractivity contribution in [1.29, 1.82) is 0 Å². The van der Waals surface area contributed by atoms with Crippen LogP contribution in [0.5, 0.6) is 0 Å². The van der Waals surface area contributed by atoms with Crippen molar-refractivity contribution >= 4 is 6.34 Å². The summed E-state index contributed by atoms with van der Waals surface area (Å²) in [6.07, 6.45) is 1.54. The third-order valence-corrected chi connectivity index (χ3v) is 0.726. The van der Waals surface area contributed by atoms with Crippen molar-refractivity contribution in [2.45, 2.75) is 0 Å². The van der Waals surface area contributed by atoms with Gasteiger partial charge in [0.2, 0.25) is 0 Å². The maximum Gasteiger partial charge on any atom is 0.271 e. The lowest BCUT2D eigenvalue weighted by Gasteiger charge is -1.76. The van der Waals surface area contributed by atoms with Gasteiger partial charge in [-0.3, -0.25) is 5.32 Å². The van der Waals surface area contributed by atoms with Crippen LogP contribution < -0.4 is 5.32 Å². The lowest BCUT2D eigenvalue weighted by molar-refractivity contribution is -0.765. The molecule has 0 saturated carbocycles. The van der Waals surface area contributed by atoms with Crippen molar-refractivity contribution in [3.63, 3.8) is 0 Å². The molecule has 1 aliphatic rings. The van der Waals surface area contributed by atoms with E-state index in [1.165, 1.54) is 0 Å². The van der Waals surface area contributed by atoms with Gasteiger partial charge in [-0.05, 0) is 0 Å². The summed E-state index contributed by atoms with van der Waals surface area (Å²) >= 11 is 0. The van der Waals surface area contributed by atoms with E-state index < -0.39 is 0 Å². The Morgan fingerprint density at radius 1 is 1.83 bits per heavy atom. The molecule has 0 unspecified atom stereocenters. The van der Waals surface area contributed by atoms with E-state index in [4.69, 9.17) is 5.21 Å². The van der Waals surface area contributed by atoms with Crippen LogP contribution in [0.3, 0.4) is 0 Å². The van der Waals surface area contributed by atoms with Crippen LogP contribution in [0.15, 0.2) is 0 Å². The summed E-state index contributed by atoms with van der Waals surface area (Å²) in [7, 11) is 0. The molecule has 3 nitrogen and oxygen atoms in total. The summed E-state index contributed by atoms with van der Waals surface area (Å²) in [5.74, 6) is 0. The summed E-state index contributed by atoms with van der Waals surface area (Å²) in [4.78, 5) is 0. The van der Waals surface area contributed by atoms with Gasteiger partial charge < -0.3 is 5.21 Å². The molecule has 0 radical (unpaired) electrons. The molecule has 0 fully saturated rings. The molecule has 2 N–H and O–H groups in total. The summed E-state index contributed by atoms with van der Waals surface area (Å²) in [6.45, 7) is 1.57. The Balaban J connectivity index is 2.45. The minimum Gasteiger partial charge on any atom is -0.355 e. The van der Waals surface area contributed by atoms with E-state index in [9.17, 15) is 0 Å². The molecular formula is C3H7N2O+. The molecule has 0 aliphatic carbocycles. The molecular weight excluding hydrogens is 80.0 g/mol. The fraction of sp³-hybridized carbons (Fsp3) is 0.667. The largest absolute Gasteiger partial charge is 0.355 e. The van der Waals surface area contributed by atoms with Gasteiger partial charge in [0.1, 0.15) is 6.54 Å². The molecule has 0 saturated heterocycles. The molecule has 0 spiro atoms. The molecule has 0 bridgehead atoms. The molecule has 34 valence electrons. The van der Waals surface area contributed by atoms with Crippen LogP contribution in [-0.4, -0.2) is 29.4 Å². The second-order valence-electron chi connectivity index (χ2n) is 1.25. The summed E-state index contributed by atoms with van der Waals surface area (Å²) < 4.78 is 1.12. The van der Waals surface area contributed by atoms with Crippen LogP contribution in [0.1, 0.15) is 0 Å². The Bertz CT molecular complexity index is 78.9. The van der Waals surface area contributed by atoms with Crippen molar-refractivity contribution in [1.82, 2.24) is 5.32 Å². The van der Waals surface area contributed by atoms with Gasteiger partial charge in [-0.15, -0.1) is 0 Å². The SMILES string of the molecule is O[N+]1=CNCC1. The first-order valence-electron chi connectivity index (χ1n) is 1.92. The minimum absolute atomic E-state index is 0.708. The van der Waals surface area contributed by atoms with Gasteiger partial charge in [0.05, 0.1) is 0 Å². The molecule has 3 heteroatoms. The molecule has 0 aromatic carbocycles. The van der Waals surface area contributed by atoms with Gasteiger partial charge in [0.25, 0.3) is 6.34 Å². The van der Waals surface area contributed by atoms with Crippen molar-refractivity contribution in [2.24, 2.45) is 0 Å². The van der Waals surface area contributed by atoms with Gasteiger partial charge in [-0.1, -0.05) is 4.74 Å². The molecule has 0 atom stereocenters. The fourth-order valence-corrected chi connectivity index (χ4v) is 0.414. The van der Waals surface area contributed by atoms with Crippen molar-refractivity contribution < 1.29 is 9.95 Å². The third-order valence-electron chi connectivity index (χ3n) is 0.726. The van der Waals surface area contributed by atoms with Crippen molar-refractivity contribution in [3.05, 3.63) is 0 Å². The van der Waals surface area contributed by atoms with Crippen molar-refractivity contribution in [3.8, 4) is 0 Å². The van der Waals surface area contributed by atoms with E-state index in [0.717, 1.165) is 11.3 Å². The maximum atomic E-state index is 8.44. The highest BCUT2D eigenvalue weighted by atomic mass is 16.5. The second-order valence-corrected chi connectivity index (χ2v) is 1.25. The minimum atomic E-state index is 0.708. The molecule has 0 aromatic heterocycles. The van der Waals surface area contributed by atoms with Gasteiger partial charge >= 0.3 is 0 Å². The summed E-state index contributed by atoms with van der Waals surface area (Å²) in [5.41, 5.74) is 0. The summed E-state index contributed by atoms with van der Waals surface area (Å²) in [6, 6.07) is 0. The van der Waals surface area contributed by atoms with Gasteiger partial charge in [-0.2, -0.15) is 0 Å². The van der Waals surface area contributed by atoms with E-state index in [-0.39, 0.29) is 0 Å². The fourth-order valence-electron chi connectivity index (χ4n) is 0.414. The highest BCUT2D eigenvalue weighted by molar-refractivity contribution is 5.48. The van der Waals surface area contributed by atoms with Gasteiger partial charge in [0.15, 0.2) is 6.54 Å². The van der Waals surface area contributed by atoms with E-state index in [2.05, 4.69) is 5.32 Å². The highest BCUT2D eigenvalue weighted by Gasteiger charge is 2.02. The van der Waals surface area contributed by atoms with Crippen LogP contribution in [0, 0.1) is 0 Å². The standard InChI is InChI=1S/C3H6N2O/c6-5-2-1-4-3-5/h3,6H,1-2H2/p+1. The first-order valence-corrected chi connectivity index (χ1v) is 1.92. The Morgan fingerprint density at radius 2 is 2.67 bits per heavy atom. The number of hydroxylamine groups is 1. The first-order chi connectivity index (χ1) is 2.89. The Hall–Kier alpha value is -0.730. The number of hydrogen-bond donors (Lipinski definition) is 2. The molecule has 1 heterocycles. The normalized spacial score (nSPS) is 19.7. The number of nitrogens with one attached hydrogen (secondary N) is 1. The predicted octanol–water partition coefficient (Wildman–Crippen LogP) is -0.980. The maximum absolute atomic E-state index is 8.44. The summed E-state index contributed by atoms with van der Waals surface area (Å²) in [5, 5.41) is 11.3. The second kappa shape index (κ2) is 1.16. The average molecular weight is 87.1 g/mol. The third kappa shape index (κ3) is 0.429. The Morgan fingerprint density at radius 3 is 2.83 bits per heavy atom. The molecule has 1 rings (SSSR count). The van der Waals surface area contributed by atoms with Gasteiger partial charge in [-0.25, -0.2) is 0 Å². The number of hydrogen-bond acceptors (Lipinski definition) is 2. The average Bonchev–Trinajstić information content (AvgIpc) is 1.86. The predicted molar refractivity (Wildman–Crippen MR) is 21.0 cm³/mol. The molecule has 1 aliphatic heterocycles. The van der Waals surface area contributed by atoms with Crippen LogP contribution >= 0.6 is 0 Å². The van der Waals surface area contributed by atoms with Crippen molar-refractivity contribution in [2.75, 3.05) is 13.1 Å². The molecule has 0 amide bonds. The van der Waals surface area contributed by atoms with E-state index in [1.54, 1.807) is 6.34 Å². The zero-order valence-corrected chi connectivity index (χ0v) is 3.39. The first kappa shape index (κ1) is 3.46. The van der Waals surface area contributed by atoms with E-state index >= 15 is 0 Å². The Kier molecular flexibility index (Phi) is 0.670.